The first-order valence-electron chi connectivity index (χ1n) is 34.3. The van der Waals surface area contributed by atoms with E-state index in [2.05, 4.69) is 184 Å². The molecule has 0 aliphatic heterocycles. The molecule has 490 valence electrons. The number of ether oxygens (including phenoxy) is 4. The topological polar surface area (TPSA) is 108 Å². The third-order valence-corrected chi connectivity index (χ3v) is 14.0. The van der Waals surface area contributed by atoms with Crippen LogP contribution in [0.15, 0.2) is 170 Å². The molecule has 2 unspecified atom stereocenters. The number of aliphatic carboxylic acids is 1. The minimum absolute atomic E-state index is 0.177. The summed E-state index contributed by atoms with van der Waals surface area (Å²) in [6.45, 7) is 4.62. The van der Waals surface area contributed by atoms with Gasteiger partial charge in [-0.15, -0.1) is 0 Å². The number of carboxylic acids is 1. The molecule has 0 saturated heterocycles. The van der Waals surface area contributed by atoms with Gasteiger partial charge in [0.1, 0.15) is 13.2 Å². The van der Waals surface area contributed by atoms with Crippen molar-refractivity contribution in [3.05, 3.63) is 170 Å². The number of carbonyl (C=O) groups is 3. The summed E-state index contributed by atoms with van der Waals surface area (Å²) in [5.41, 5.74) is 0. The predicted octanol–water partition coefficient (Wildman–Crippen LogP) is 21.5. The highest BCUT2D eigenvalue weighted by Gasteiger charge is 2.25. The van der Waals surface area contributed by atoms with Gasteiger partial charge >= 0.3 is 17.9 Å². The summed E-state index contributed by atoms with van der Waals surface area (Å²) in [5, 5.41) is 9.74. The van der Waals surface area contributed by atoms with Crippen molar-refractivity contribution < 1.29 is 42.9 Å². The normalized spacial score (nSPS) is 13.8. The number of esters is 2. The minimum atomic E-state index is -1.52. The Morgan fingerprint density at radius 3 is 0.920 bits per heavy atom. The lowest BCUT2D eigenvalue weighted by Gasteiger charge is -2.25. The number of carbonyl (C=O) groups excluding carboxylic acids is 2. The van der Waals surface area contributed by atoms with E-state index in [1.165, 1.54) is 64.2 Å². The van der Waals surface area contributed by atoms with Crippen molar-refractivity contribution in [2.75, 3.05) is 47.5 Å². The van der Waals surface area contributed by atoms with Gasteiger partial charge in [-0.3, -0.25) is 9.59 Å². The lowest BCUT2D eigenvalue weighted by Crippen LogP contribution is -2.40. The van der Waals surface area contributed by atoms with E-state index in [-0.39, 0.29) is 38.6 Å². The molecule has 0 aliphatic carbocycles. The molecular formula is C78H126NO8+. The molecule has 0 fully saturated rings. The second kappa shape index (κ2) is 66.6. The number of quaternary nitrogens is 1. The van der Waals surface area contributed by atoms with E-state index in [1.807, 2.05) is 21.1 Å². The number of rotatable bonds is 61. The van der Waals surface area contributed by atoms with Gasteiger partial charge in [0.25, 0.3) is 6.29 Å². The van der Waals surface area contributed by atoms with Crippen LogP contribution in [0, 0.1) is 0 Å². The fraction of sp³-hybridized carbons (Fsp3) is 0.603. The van der Waals surface area contributed by atoms with Crippen molar-refractivity contribution >= 4 is 17.9 Å². The maximum Gasteiger partial charge on any atom is 0.361 e. The number of nitrogens with zero attached hydrogens (tertiary/aromatic N) is 1. The molecule has 9 heteroatoms. The van der Waals surface area contributed by atoms with Crippen molar-refractivity contribution in [1.29, 1.82) is 0 Å². The van der Waals surface area contributed by atoms with Crippen LogP contribution in [0.25, 0.3) is 0 Å². The largest absolute Gasteiger partial charge is 0.477 e. The van der Waals surface area contributed by atoms with E-state index < -0.39 is 24.3 Å². The second-order valence-corrected chi connectivity index (χ2v) is 23.4. The standard InChI is InChI=1S/C78H125NO8/c1-6-8-10-12-14-16-18-20-22-24-26-28-29-30-31-32-33-34-35-36-37-38-39-40-41-42-43-44-45-46-47-49-51-53-55-57-59-61-63-65-67-69-76(81)87-74(73-86-78(77(82)83)84-71-70-79(3,4)5)72-85-75(80)68-66-64-62-60-58-56-54-52-50-48-27-25-23-21-19-17-15-13-11-9-7-2/h8-11,14-17,20-23,26-28,30-31,33-34,36-37,39-40,42-43,45-46,48,74,78H,6-7,12-13,18-19,24-25,29,32,35,38,41,44,47,49-73H2,1-5H3/p+1/b10-8-,11-9-,16-14-,17-15-,22-20-,23-21-,28-26-,31-30-,34-33-,37-36-,40-39-,43-42-,46-45-,48-27-. The molecule has 0 spiro atoms. The van der Waals surface area contributed by atoms with Gasteiger partial charge < -0.3 is 28.5 Å². The monoisotopic (exact) mass is 1200 g/mol. The van der Waals surface area contributed by atoms with E-state index >= 15 is 0 Å². The number of likely N-dealkylation sites (N-methyl/N-ethyl adjacent to an activating group) is 1. The highest BCUT2D eigenvalue weighted by atomic mass is 16.7. The third-order valence-electron chi connectivity index (χ3n) is 14.0. The number of carboxylic acid groups (broad SMARTS) is 1. The van der Waals surface area contributed by atoms with Crippen molar-refractivity contribution in [3.63, 3.8) is 0 Å². The number of hydrogen-bond acceptors (Lipinski definition) is 7. The van der Waals surface area contributed by atoms with E-state index in [9.17, 15) is 19.5 Å². The number of unbranched alkanes of at least 4 members (excludes halogenated alkanes) is 18. The van der Waals surface area contributed by atoms with Crippen molar-refractivity contribution in [2.24, 2.45) is 0 Å². The lowest BCUT2D eigenvalue weighted by molar-refractivity contribution is -0.870. The van der Waals surface area contributed by atoms with Crippen LogP contribution in [0.4, 0.5) is 0 Å². The Labute approximate surface area is 533 Å². The first-order valence-corrected chi connectivity index (χ1v) is 34.3. The van der Waals surface area contributed by atoms with E-state index in [4.69, 9.17) is 18.9 Å². The zero-order valence-electron chi connectivity index (χ0n) is 55.9. The number of allylic oxidation sites excluding steroid dienone is 28. The van der Waals surface area contributed by atoms with Crippen LogP contribution < -0.4 is 0 Å². The van der Waals surface area contributed by atoms with Crippen LogP contribution in [0.5, 0.6) is 0 Å². The molecule has 0 heterocycles. The summed E-state index contributed by atoms with van der Waals surface area (Å²) < 4.78 is 22.9. The Morgan fingerprint density at radius 1 is 0.345 bits per heavy atom. The molecule has 0 aromatic rings. The van der Waals surface area contributed by atoms with E-state index in [0.717, 1.165) is 148 Å². The van der Waals surface area contributed by atoms with Gasteiger partial charge in [0.2, 0.25) is 0 Å². The van der Waals surface area contributed by atoms with Crippen LogP contribution in [0.1, 0.15) is 245 Å². The summed E-state index contributed by atoms with van der Waals surface area (Å²) >= 11 is 0. The number of hydrogen-bond donors (Lipinski definition) is 1. The first-order chi connectivity index (χ1) is 42.6. The zero-order chi connectivity index (χ0) is 63.3. The summed E-state index contributed by atoms with van der Waals surface area (Å²) in [5.74, 6) is -2.04. The zero-order valence-corrected chi connectivity index (χ0v) is 55.9. The molecule has 87 heavy (non-hydrogen) atoms. The average molecular weight is 1210 g/mol. The predicted molar refractivity (Wildman–Crippen MR) is 373 cm³/mol. The van der Waals surface area contributed by atoms with Crippen molar-refractivity contribution in [3.8, 4) is 0 Å². The molecule has 0 rings (SSSR count). The smallest absolute Gasteiger partial charge is 0.361 e. The fourth-order valence-electron chi connectivity index (χ4n) is 8.80. The van der Waals surface area contributed by atoms with E-state index in [1.54, 1.807) is 0 Å². The summed E-state index contributed by atoms with van der Waals surface area (Å²) in [4.78, 5) is 37.6. The molecule has 0 aromatic carbocycles. The van der Waals surface area contributed by atoms with Gasteiger partial charge in [-0.05, 0) is 128 Å². The first kappa shape index (κ1) is 81.7. The van der Waals surface area contributed by atoms with Crippen LogP contribution in [0.2, 0.25) is 0 Å². The molecule has 0 bridgehead atoms. The molecule has 9 nitrogen and oxygen atoms in total. The fourth-order valence-corrected chi connectivity index (χ4v) is 8.80. The van der Waals surface area contributed by atoms with Gasteiger partial charge in [0.05, 0.1) is 34.4 Å². The van der Waals surface area contributed by atoms with E-state index in [0.29, 0.717) is 17.4 Å². The Morgan fingerprint density at radius 2 is 0.621 bits per heavy atom. The Bertz CT molecular complexity index is 2030. The van der Waals surface area contributed by atoms with Gasteiger partial charge in [0.15, 0.2) is 6.10 Å². The van der Waals surface area contributed by atoms with Crippen LogP contribution in [-0.4, -0.2) is 87.4 Å². The Balaban J connectivity index is 4.17. The molecule has 1 N–H and O–H groups in total. The van der Waals surface area contributed by atoms with Crippen molar-refractivity contribution in [2.45, 2.75) is 257 Å². The quantitative estimate of drug-likeness (QED) is 0.0211. The Hall–Kier alpha value is -5.35. The lowest BCUT2D eigenvalue weighted by atomic mass is 10.0. The molecule has 0 amide bonds. The Kier molecular flexibility index (Phi) is 62.5. The van der Waals surface area contributed by atoms with Gasteiger partial charge in [-0.25, -0.2) is 4.79 Å². The maximum absolute atomic E-state index is 12.9. The third kappa shape index (κ3) is 68.0. The summed E-state index contributed by atoms with van der Waals surface area (Å²) in [7, 11) is 5.96. The van der Waals surface area contributed by atoms with Crippen LogP contribution >= 0.6 is 0 Å². The minimum Gasteiger partial charge on any atom is -0.477 e. The van der Waals surface area contributed by atoms with Gasteiger partial charge in [-0.1, -0.05) is 274 Å². The average Bonchev–Trinajstić information content (AvgIpc) is 3.59. The molecule has 0 aliphatic rings. The molecule has 0 saturated carbocycles. The second-order valence-electron chi connectivity index (χ2n) is 23.4. The SMILES string of the molecule is CC/C=C\C/C=C\C/C=C\C/C=C\C/C=C\C/C=C\C/C=C\C/C=C\C/C=C\C/C=C\CCCCCCCCCCCCC(=O)OC(COC(=O)CCCCCCCCCC/C=C\C/C=C\C/C=C\C/C=C\CC)COC(OCC[N+](C)(C)C)C(=O)O. The maximum atomic E-state index is 12.9. The molecular weight excluding hydrogens is 1080 g/mol. The summed E-state index contributed by atoms with van der Waals surface area (Å²) in [6.07, 6.45) is 97.4. The highest BCUT2D eigenvalue weighted by molar-refractivity contribution is 5.71. The van der Waals surface area contributed by atoms with Gasteiger partial charge in [0, 0.05) is 12.8 Å². The summed E-state index contributed by atoms with van der Waals surface area (Å²) in [6, 6.07) is 0. The van der Waals surface area contributed by atoms with Gasteiger partial charge in [-0.2, -0.15) is 0 Å². The molecule has 0 aromatic heterocycles. The molecule has 2 atom stereocenters. The van der Waals surface area contributed by atoms with Crippen LogP contribution in [-0.2, 0) is 33.3 Å². The van der Waals surface area contributed by atoms with Crippen molar-refractivity contribution in [1.82, 2.24) is 0 Å². The highest BCUT2D eigenvalue weighted by Crippen LogP contribution is 2.15. The molecule has 0 radical (unpaired) electrons. The van der Waals surface area contributed by atoms with Crippen LogP contribution in [0.3, 0.4) is 0 Å².